The number of nitrogens with zero attached hydrogens (tertiary/aromatic N) is 1. The van der Waals surface area contributed by atoms with Gasteiger partial charge in [-0.25, -0.2) is 9.59 Å². The molecular weight excluding hydrogens is 444 g/mol. The molecule has 1 N–H and O–H groups in total. The summed E-state index contributed by atoms with van der Waals surface area (Å²) in [7, 11) is 0. The molecule has 0 unspecified atom stereocenters. The Labute approximate surface area is 200 Å². The first-order valence-electron chi connectivity index (χ1n) is 10.7. The zero-order valence-corrected chi connectivity index (χ0v) is 20.0. The lowest BCUT2D eigenvalue weighted by Gasteiger charge is -2.23. The van der Waals surface area contributed by atoms with E-state index in [9.17, 15) is 9.59 Å². The van der Waals surface area contributed by atoms with Gasteiger partial charge in [-0.2, -0.15) is 0 Å². The molecule has 0 bridgehead atoms. The Balaban J connectivity index is 1.97. The van der Waals surface area contributed by atoms with Gasteiger partial charge in [0.15, 0.2) is 0 Å². The van der Waals surface area contributed by atoms with Crippen LogP contribution in [-0.4, -0.2) is 35.3 Å². The summed E-state index contributed by atoms with van der Waals surface area (Å²) in [4.78, 5) is 30.4. The van der Waals surface area contributed by atoms with Crippen molar-refractivity contribution in [1.29, 1.82) is 0 Å². The highest BCUT2D eigenvalue weighted by molar-refractivity contribution is 6.28. The van der Waals surface area contributed by atoms with Crippen molar-refractivity contribution < 1.29 is 23.9 Å². The molecule has 33 heavy (non-hydrogen) atoms. The first-order chi connectivity index (χ1) is 15.8. The summed E-state index contributed by atoms with van der Waals surface area (Å²) in [5, 5.41) is 6.69. The van der Waals surface area contributed by atoms with E-state index in [1.54, 1.807) is 20.8 Å². The molecule has 178 valence electrons. The molecule has 0 saturated carbocycles. The number of oxime groups is 1. The first kappa shape index (κ1) is 26.2. The van der Waals surface area contributed by atoms with E-state index in [-0.39, 0.29) is 18.9 Å². The molecule has 0 heterocycles. The number of carbonyl (C=O) groups excluding carboxylic acids is 2. The lowest BCUT2D eigenvalue weighted by atomic mass is 10.1. The first-order valence-corrected chi connectivity index (χ1v) is 11.3. The fraction of sp³-hybridized carbons (Fsp3) is 0.400. The second-order valence-corrected chi connectivity index (χ2v) is 8.65. The Morgan fingerprint density at radius 1 is 0.970 bits per heavy atom. The zero-order valence-electron chi connectivity index (χ0n) is 19.3. The maximum atomic E-state index is 12.7. The van der Waals surface area contributed by atoms with E-state index in [0.29, 0.717) is 18.7 Å². The van der Waals surface area contributed by atoms with Crippen molar-refractivity contribution in [2.24, 2.45) is 5.16 Å². The van der Waals surface area contributed by atoms with Gasteiger partial charge in [0.2, 0.25) is 0 Å². The molecule has 0 aliphatic carbocycles. The maximum absolute atomic E-state index is 12.7. The van der Waals surface area contributed by atoms with Crippen LogP contribution in [0.3, 0.4) is 0 Å². The number of amides is 1. The van der Waals surface area contributed by atoms with Crippen molar-refractivity contribution in [2.75, 3.05) is 5.88 Å². The van der Waals surface area contributed by atoms with Gasteiger partial charge in [-0.15, -0.1) is 11.6 Å². The number of hydrogen-bond acceptors (Lipinski definition) is 6. The molecule has 2 aromatic carbocycles. The Kier molecular flexibility index (Phi) is 10.7. The highest BCUT2D eigenvalue weighted by Crippen LogP contribution is 2.11. The summed E-state index contributed by atoms with van der Waals surface area (Å²) in [6, 6.07) is 18.0. The normalized spacial score (nSPS) is 12.5. The maximum Gasteiger partial charge on any atom is 0.408 e. The van der Waals surface area contributed by atoms with Gasteiger partial charge < -0.3 is 19.6 Å². The molecule has 8 heteroatoms. The minimum absolute atomic E-state index is 0.100. The lowest BCUT2D eigenvalue weighted by Crippen LogP contribution is -2.44. The predicted molar refractivity (Wildman–Crippen MR) is 128 cm³/mol. The van der Waals surface area contributed by atoms with Crippen LogP contribution >= 0.6 is 11.6 Å². The third-order valence-corrected chi connectivity index (χ3v) is 4.65. The smallest absolute Gasteiger partial charge is 0.408 e. The number of carbonyl (C=O) groups is 2. The molecule has 0 radical (unpaired) electrons. The van der Waals surface area contributed by atoms with Crippen LogP contribution in [0.5, 0.6) is 0 Å². The fourth-order valence-corrected chi connectivity index (χ4v) is 2.93. The molecule has 0 fully saturated rings. The molecule has 0 spiro atoms. The van der Waals surface area contributed by atoms with Crippen LogP contribution in [0.15, 0.2) is 65.8 Å². The highest BCUT2D eigenvalue weighted by Gasteiger charge is 2.26. The molecular formula is C25H31ClN2O5. The van der Waals surface area contributed by atoms with Gasteiger partial charge in [-0.05, 0) is 44.7 Å². The van der Waals surface area contributed by atoms with Crippen LogP contribution in [0.1, 0.15) is 44.7 Å². The molecule has 0 aromatic heterocycles. The Bertz CT molecular complexity index is 898. The quantitative estimate of drug-likeness (QED) is 0.209. The zero-order chi connectivity index (χ0) is 24.1. The van der Waals surface area contributed by atoms with E-state index in [0.717, 1.165) is 11.1 Å². The number of esters is 1. The summed E-state index contributed by atoms with van der Waals surface area (Å²) in [6.45, 7) is 5.65. The standard InChI is InChI=1S/C25H31ClN2O5/c1-25(2,3)33-24(30)27-22(23(29)31-17-19-10-6-4-7-11-19)15-14-21(16-26)28-32-18-20-12-8-5-9-13-20/h4-13,22H,14-18H2,1-3H3,(H,27,30)/b28-21-/t22-/m0/s1. The molecule has 0 aliphatic rings. The number of ether oxygens (including phenoxy) is 2. The molecule has 0 saturated heterocycles. The summed E-state index contributed by atoms with van der Waals surface area (Å²) in [5.74, 6) is -0.434. The van der Waals surface area contributed by atoms with Crippen LogP contribution in [0.4, 0.5) is 4.79 Å². The molecule has 1 amide bonds. The predicted octanol–water partition coefficient (Wildman–Crippen LogP) is 5.21. The second-order valence-electron chi connectivity index (χ2n) is 8.38. The van der Waals surface area contributed by atoms with Gasteiger partial charge in [-0.3, -0.25) is 0 Å². The van der Waals surface area contributed by atoms with E-state index in [4.69, 9.17) is 25.9 Å². The number of alkyl halides is 1. The summed E-state index contributed by atoms with van der Waals surface area (Å²) in [5.41, 5.74) is 1.68. The number of rotatable bonds is 11. The van der Waals surface area contributed by atoms with Crippen molar-refractivity contribution >= 4 is 29.4 Å². The van der Waals surface area contributed by atoms with E-state index in [2.05, 4.69) is 10.5 Å². The Morgan fingerprint density at radius 3 is 2.09 bits per heavy atom. The number of halogens is 1. The fourth-order valence-electron chi connectivity index (χ4n) is 2.75. The van der Waals surface area contributed by atoms with Crippen molar-refractivity contribution in [1.82, 2.24) is 5.32 Å². The van der Waals surface area contributed by atoms with Gasteiger partial charge in [-0.1, -0.05) is 65.8 Å². The van der Waals surface area contributed by atoms with Crippen molar-refractivity contribution in [3.8, 4) is 0 Å². The van der Waals surface area contributed by atoms with Crippen molar-refractivity contribution in [2.45, 2.75) is 58.5 Å². The minimum atomic E-state index is -0.925. The topological polar surface area (TPSA) is 86.2 Å². The molecule has 2 rings (SSSR count). The monoisotopic (exact) mass is 474 g/mol. The van der Waals surface area contributed by atoms with Crippen LogP contribution in [0.25, 0.3) is 0 Å². The Morgan fingerprint density at radius 2 is 1.55 bits per heavy atom. The van der Waals surface area contributed by atoms with Crippen LogP contribution in [-0.2, 0) is 32.3 Å². The summed E-state index contributed by atoms with van der Waals surface area (Å²) in [6.07, 6.45) is -0.138. The second kappa shape index (κ2) is 13.5. The van der Waals surface area contributed by atoms with Gasteiger partial charge in [0, 0.05) is 0 Å². The van der Waals surface area contributed by atoms with Crippen LogP contribution in [0.2, 0.25) is 0 Å². The average Bonchev–Trinajstić information content (AvgIpc) is 2.79. The number of benzene rings is 2. The van der Waals surface area contributed by atoms with Gasteiger partial charge in [0.25, 0.3) is 0 Å². The summed E-state index contributed by atoms with van der Waals surface area (Å²) >= 11 is 6.01. The van der Waals surface area contributed by atoms with Crippen LogP contribution in [0, 0.1) is 0 Å². The number of nitrogens with one attached hydrogen (secondary N) is 1. The SMILES string of the molecule is CC(C)(C)OC(=O)N[C@@H](CC/C(CCl)=N/OCc1ccccc1)C(=O)OCc1ccccc1. The number of alkyl carbamates (subject to hydrolysis) is 1. The average molecular weight is 475 g/mol. The van der Waals surface area contributed by atoms with Crippen LogP contribution < -0.4 is 5.32 Å². The highest BCUT2D eigenvalue weighted by atomic mass is 35.5. The lowest BCUT2D eigenvalue weighted by molar-refractivity contribution is -0.147. The van der Waals surface area contributed by atoms with Crippen molar-refractivity contribution in [3.63, 3.8) is 0 Å². The molecule has 2 aromatic rings. The molecule has 7 nitrogen and oxygen atoms in total. The van der Waals surface area contributed by atoms with E-state index < -0.39 is 23.7 Å². The third-order valence-electron chi connectivity index (χ3n) is 4.34. The molecule has 1 atom stereocenters. The minimum Gasteiger partial charge on any atom is -0.459 e. The van der Waals surface area contributed by atoms with E-state index >= 15 is 0 Å². The third kappa shape index (κ3) is 10.9. The van der Waals surface area contributed by atoms with E-state index in [1.165, 1.54) is 0 Å². The molecule has 0 aliphatic heterocycles. The summed E-state index contributed by atoms with van der Waals surface area (Å²) < 4.78 is 10.7. The Hall–Kier alpha value is -3.06. The number of hydrogen-bond donors (Lipinski definition) is 1. The van der Waals surface area contributed by atoms with Gasteiger partial charge in [0.05, 0.1) is 11.6 Å². The van der Waals surface area contributed by atoms with Crippen molar-refractivity contribution in [3.05, 3.63) is 71.8 Å². The largest absolute Gasteiger partial charge is 0.459 e. The van der Waals surface area contributed by atoms with Gasteiger partial charge >= 0.3 is 12.1 Å². The van der Waals surface area contributed by atoms with Gasteiger partial charge in [0.1, 0.15) is 24.9 Å². The van der Waals surface area contributed by atoms with E-state index in [1.807, 2.05) is 60.7 Å².